The van der Waals surface area contributed by atoms with E-state index in [2.05, 4.69) is 26.9 Å². The van der Waals surface area contributed by atoms with E-state index >= 15 is 0 Å². The Balaban J connectivity index is 1.49. The molecule has 3 aromatic rings. The van der Waals surface area contributed by atoms with Gasteiger partial charge in [-0.1, -0.05) is 35.9 Å². The number of carbonyl (C=O) groups excluding carboxylic acids is 1. The second-order valence-electron chi connectivity index (χ2n) is 6.38. The average molecular weight is 367 g/mol. The van der Waals surface area contributed by atoms with E-state index in [4.69, 9.17) is 17.3 Å². The number of amides is 1. The molecule has 0 unspecified atom stereocenters. The maximum atomic E-state index is 11.2. The average Bonchev–Trinajstić information content (AvgIpc) is 2.68. The lowest BCUT2D eigenvalue weighted by Gasteiger charge is -2.37. The van der Waals surface area contributed by atoms with E-state index in [9.17, 15) is 4.79 Å². The standard InChI is InChI=1S/C20H19ClN4O/c21-19-17-4-2-1-3-15(17)13-18(23-19)25-11-9-24(10-12-25)16-7-5-14(6-8-16)20(22)26/h1-8,13H,9-12H2,(H2,22,26). The van der Waals surface area contributed by atoms with Crippen molar-refractivity contribution in [1.29, 1.82) is 0 Å². The Kier molecular flexibility index (Phi) is 4.39. The van der Waals surface area contributed by atoms with Gasteiger partial charge in [0.05, 0.1) is 0 Å². The Morgan fingerprint density at radius 1 is 0.962 bits per heavy atom. The van der Waals surface area contributed by atoms with Crippen LogP contribution in [0.15, 0.2) is 54.6 Å². The summed E-state index contributed by atoms with van der Waals surface area (Å²) in [6, 6.07) is 17.6. The molecule has 0 atom stereocenters. The molecule has 0 bridgehead atoms. The lowest BCUT2D eigenvalue weighted by Crippen LogP contribution is -2.46. The van der Waals surface area contributed by atoms with E-state index in [1.165, 1.54) is 0 Å². The van der Waals surface area contributed by atoms with Crippen LogP contribution in [0.1, 0.15) is 10.4 Å². The van der Waals surface area contributed by atoms with Gasteiger partial charge in [0.2, 0.25) is 5.91 Å². The second-order valence-corrected chi connectivity index (χ2v) is 6.74. The number of nitrogens with two attached hydrogens (primary N) is 1. The van der Waals surface area contributed by atoms with Crippen molar-refractivity contribution in [3.8, 4) is 0 Å². The van der Waals surface area contributed by atoms with Gasteiger partial charge < -0.3 is 15.5 Å². The first kappa shape index (κ1) is 16.7. The molecule has 1 amide bonds. The van der Waals surface area contributed by atoms with Crippen molar-refractivity contribution in [3.05, 3.63) is 65.3 Å². The molecule has 1 aliphatic heterocycles. The Labute approximate surface area is 157 Å². The molecule has 2 aromatic carbocycles. The summed E-state index contributed by atoms with van der Waals surface area (Å²) >= 11 is 6.36. The number of hydrogen-bond acceptors (Lipinski definition) is 4. The Bertz CT molecular complexity index is 950. The maximum Gasteiger partial charge on any atom is 0.248 e. The van der Waals surface area contributed by atoms with Crippen molar-refractivity contribution in [2.24, 2.45) is 5.73 Å². The molecule has 0 saturated carbocycles. The van der Waals surface area contributed by atoms with Crippen molar-refractivity contribution < 1.29 is 4.79 Å². The minimum absolute atomic E-state index is 0.402. The molecule has 0 radical (unpaired) electrons. The van der Waals surface area contributed by atoms with E-state index in [0.717, 1.165) is 48.5 Å². The highest BCUT2D eigenvalue weighted by Gasteiger charge is 2.19. The van der Waals surface area contributed by atoms with E-state index in [0.29, 0.717) is 10.7 Å². The molecule has 1 fully saturated rings. The number of nitrogens with zero attached hydrogens (tertiary/aromatic N) is 3. The van der Waals surface area contributed by atoms with Crippen molar-refractivity contribution >= 4 is 39.8 Å². The smallest absolute Gasteiger partial charge is 0.248 e. The maximum absolute atomic E-state index is 11.2. The summed E-state index contributed by atoms with van der Waals surface area (Å²) in [6.07, 6.45) is 0. The van der Waals surface area contributed by atoms with Gasteiger partial charge in [0.1, 0.15) is 11.0 Å². The van der Waals surface area contributed by atoms with Gasteiger partial charge in [0, 0.05) is 42.8 Å². The summed E-state index contributed by atoms with van der Waals surface area (Å²) in [5.41, 5.74) is 6.93. The Hall–Kier alpha value is -2.79. The summed E-state index contributed by atoms with van der Waals surface area (Å²) in [6.45, 7) is 3.47. The van der Waals surface area contributed by atoms with Crippen LogP contribution >= 0.6 is 11.6 Å². The first-order valence-electron chi connectivity index (χ1n) is 8.57. The Morgan fingerprint density at radius 2 is 1.62 bits per heavy atom. The third-order valence-corrected chi connectivity index (χ3v) is 5.09. The number of primary amides is 1. The predicted octanol–water partition coefficient (Wildman–Crippen LogP) is 3.31. The van der Waals surface area contributed by atoms with Crippen LogP contribution in [0.25, 0.3) is 10.8 Å². The minimum Gasteiger partial charge on any atom is -0.368 e. The molecule has 1 aliphatic rings. The molecule has 4 rings (SSSR count). The number of carbonyl (C=O) groups is 1. The molecule has 2 heterocycles. The number of hydrogen-bond donors (Lipinski definition) is 1. The number of piperazine rings is 1. The van der Waals surface area contributed by atoms with Crippen molar-refractivity contribution in [2.75, 3.05) is 36.0 Å². The number of fused-ring (bicyclic) bond motifs is 1. The highest BCUT2D eigenvalue weighted by Crippen LogP contribution is 2.27. The zero-order chi connectivity index (χ0) is 18.1. The van der Waals surface area contributed by atoms with Crippen LogP contribution < -0.4 is 15.5 Å². The number of rotatable bonds is 3. The number of pyridine rings is 1. The number of anilines is 2. The third kappa shape index (κ3) is 3.18. The lowest BCUT2D eigenvalue weighted by molar-refractivity contribution is 0.100. The summed E-state index contributed by atoms with van der Waals surface area (Å²) < 4.78 is 0. The lowest BCUT2D eigenvalue weighted by atomic mass is 10.1. The number of benzene rings is 2. The highest BCUT2D eigenvalue weighted by molar-refractivity contribution is 6.34. The minimum atomic E-state index is -0.402. The van der Waals surface area contributed by atoms with Gasteiger partial charge in [-0.2, -0.15) is 0 Å². The third-order valence-electron chi connectivity index (χ3n) is 4.80. The van der Waals surface area contributed by atoms with Crippen LogP contribution in [0.5, 0.6) is 0 Å². The van der Waals surface area contributed by atoms with Gasteiger partial charge in [-0.05, 0) is 35.7 Å². The van der Waals surface area contributed by atoms with Gasteiger partial charge in [-0.3, -0.25) is 4.79 Å². The van der Waals surface area contributed by atoms with Crippen LogP contribution in [0, 0.1) is 0 Å². The first-order chi connectivity index (χ1) is 12.6. The molecule has 5 nitrogen and oxygen atoms in total. The topological polar surface area (TPSA) is 62.5 Å². The van der Waals surface area contributed by atoms with Gasteiger partial charge in [0.25, 0.3) is 0 Å². The van der Waals surface area contributed by atoms with Crippen molar-refractivity contribution in [2.45, 2.75) is 0 Å². The molecule has 26 heavy (non-hydrogen) atoms. The highest BCUT2D eigenvalue weighted by atomic mass is 35.5. The number of halogens is 1. The fourth-order valence-corrected chi connectivity index (χ4v) is 3.59. The van der Waals surface area contributed by atoms with Crippen LogP contribution in [0.2, 0.25) is 5.15 Å². The van der Waals surface area contributed by atoms with Gasteiger partial charge in [0.15, 0.2) is 0 Å². The van der Waals surface area contributed by atoms with E-state index in [1.54, 1.807) is 12.1 Å². The second kappa shape index (κ2) is 6.84. The van der Waals surface area contributed by atoms with Crippen LogP contribution in [0.4, 0.5) is 11.5 Å². The largest absolute Gasteiger partial charge is 0.368 e. The molecule has 0 spiro atoms. The molecule has 6 heteroatoms. The monoisotopic (exact) mass is 366 g/mol. The van der Waals surface area contributed by atoms with Crippen molar-refractivity contribution in [1.82, 2.24) is 4.98 Å². The fourth-order valence-electron chi connectivity index (χ4n) is 3.34. The van der Waals surface area contributed by atoms with Gasteiger partial charge in [-0.15, -0.1) is 0 Å². The van der Waals surface area contributed by atoms with Crippen LogP contribution in [-0.4, -0.2) is 37.1 Å². The van der Waals surface area contributed by atoms with Gasteiger partial charge >= 0.3 is 0 Å². The molecule has 1 aromatic heterocycles. The van der Waals surface area contributed by atoms with Crippen LogP contribution in [-0.2, 0) is 0 Å². The molecule has 2 N–H and O–H groups in total. The summed E-state index contributed by atoms with van der Waals surface area (Å²) in [5.74, 6) is 0.512. The molecular formula is C20H19ClN4O. The number of aromatic nitrogens is 1. The fraction of sp³-hybridized carbons (Fsp3) is 0.200. The SMILES string of the molecule is NC(=O)c1ccc(N2CCN(c3cc4ccccc4c(Cl)n3)CC2)cc1. The molecular weight excluding hydrogens is 348 g/mol. The molecule has 132 valence electrons. The first-order valence-corrected chi connectivity index (χ1v) is 8.95. The summed E-state index contributed by atoms with van der Waals surface area (Å²) in [5, 5.41) is 2.63. The normalized spacial score (nSPS) is 14.7. The van der Waals surface area contributed by atoms with E-state index in [1.807, 2.05) is 30.3 Å². The summed E-state index contributed by atoms with van der Waals surface area (Å²) in [4.78, 5) is 20.3. The quantitative estimate of drug-likeness (QED) is 0.722. The molecule has 1 saturated heterocycles. The predicted molar refractivity (Wildman–Crippen MR) is 106 cm³/mol. The van der Waals surface area contributed by atoms with Crippen molar-refractivity contribution in [3.63, 3.8) is 0 Å². The Morgan fingerprint density at radius 3 is 2.31 bits per heavy atom. The zero-order valence-corrected chi connectivity index (χ0v) is 15.0. The van der Waals surface area contributed by atoms with E-state index < -0.39 is 5.91 Å². The van der Waals surface area contributed by atoms with E-state index in [-0.39, 0.29) is 0 Å². The zero-order valence-electron chi connectivity index (χ0n) is 14.2. The molecule has 0 aliphatic carbocycles. The van der Waals surface area contributed by atoms with Crippen LogP contribution in [0.3, 0.4) is 0 Å². The van der Waals surface area contributed by atoms with Gasteiger partial charge in [-0.25, -0.2) is 4.98 Å². The summed E-state index contributed by atoms with van der Waals surface area (Å²) in [7, 11) is 0.